The molecule has 1 atom stereocenters. The van der Waals surface area contributed by atoms with Crippen LogP contribution in [-0.2, 0) is 17.6 Å². The molecule has 0 saturated carbocycles. The van der Waals surface area contributed by atoms with Crippen molar-refractivity contribution in [3.05, 3.63) is 35.4 Å². The Morgan fingerprint density at radius 3 is 2.53 bits per heavy atom. The quantitative estimate of drug-likeness (QED) is 0.893. The average Bonchev–Trinajstić information content (AvgIpc) is 3.05. The van der Waals surface area contributed by atoms with Crippen LogP contribution in [-0.4, -0.2) is 43.3 Å². The molecular weight excluding hydrogens is 236 g/mol. The topological polar surface area (TPSA) is 38.5 Å². The molecule has 1 aromatic carbocycles. The van der Waals surface area contributed by atoms with Crippen LogP contribution in [0.4, 0.5) is 0 Å². The van der Waals surface area contributed by atoms with E-state index in [1.54, 1.807) is 0 Å². The van der Waals surface area contributed by atoms with Gasteiger partial charge in [0, 0.05) is 25.2 Å². The Morgan fingerprint density at radius 1 is 1.32 bits per heavy atom. The van der Waals surface area contributed by atoms with E-state index in [0.29, 0.717) is 12.6 Å². The summed E-state index contributed by atoms with van der Waals surface area (Å²) in [6, 6.07) is 8.75. The van der Waals surface area contributed by atoms with Gasteiger partial charge >= 0.3 is 0 Å². The molecule has 0 radical (unpaired) electrons. The number of nitrogens with zero attached hydrogens (tertiary/aromatic N) is 1. The monoisotopic (exact) mass is 260 g/mol. The highest BCUT2D eigenvalue weighted by molar-refractivity contribution is 5.36. The summed E-state index contributed by atoms with van der Waals surface area (Å²) in [5.41, 5.74) is 9.16. The summed E-state index contributed by atoms with van der Waals surface area (Å²) >= 11 is 0. The molecule has 104 valence electrons. The molecule has 2 N–H and O–H groups in total. The van der Waals surface area contributed by atoms with E-state index in [9.17, 15) is 0 Å². The molecule has 3 nitrogen and oxygen atoms in total. The maximum absolute atomic E-state index is 6.14. The number of nitrogens with two attached hydrogens (primary N) is 1. The van der Waals surface area contributed by atoms with Crippen LogP contribution < -0.4 is 5.73 Å². The Morgan fingerprint density at radius 2 is 2.00 bits per heavy atom. The maximum Gasteiger partial charge on any atom is 0.0702 e. The molecule has 1 heterocycles. The van der Waals surface area contributed by atoms with Gasteiger partial charge in [0.25, 0.3) is 0 Å². The van der Waals surface area contributed by atoms with Gasteiger partial charge in [-0.2, -0.15) is 0 Å². The van der Waals surface area contributed by atoms with Crippen LogP contribution in [0.1, 0.15) is 24.0 Å². The first-order chi connectivity index (χ1) is 9.23. The van der Waals surface area contributed by atoms with Crippen molar-refractivity contribution in [2.75, 3.05) is 26.7 Å². The molecule has 1 saturated heterocycles. The second-order valence-corrected chi connectivity index (χ2v) is 6.07. The predicted molar refractivity (Wildman–Crippen MR) is 77.2 cm³/mol. The van der Waals surface area contributed by atoms with E-state index in [2.05, 4.69) is 36.2 Å². The Bertz CT molecular complexity index is 415. The molecule has 1 aliphatic carbocycles. The number of hydrogen-bond donors (Lipinski definition) is 1. The van der Waals surface area contributed by atoms with Gasteiger partial charge < -0.3 is 10.5 Å². The molecule has 0 amide bonds. The van der Waals surface area contributed by atoms with Crippen molar-refractivity contribution < 1.29 is 4.74 Å². The van der Waals surface area contributed by atoms with Gasteiger partial charge in [-0.1, -0.05) is 24.3 Å². The minimum absolute atomic E-state index is 0.0929. The van der Waals surface area contributed by atoms with Gasteiger partial charge in [0.1, 0.15) is 0 Å². The summed E-state index contributed by atoms with van der Waals surface area (Å²) in [5, 5.41) is 0. The van der Waals surface area contributed by atoms with Crippen molar-refractivity contribution in [1.29, 1.82) is 0 Å². The summed E-state index contributed by atoms with van der Waals surface area (Å²) in [4.78, 5) is 2.45. The van der Waals surface area contributed by atoms with Crippen molar-refractivity contribution in [2.24, 2.45) is 5.73 Å². The van der Waals surface area contributed by atoms with Gasteiger partial charge in [0.05, 0.1) is 6.10 Å². The summed E-state index contributed by atoms with van der Waals surface area (Å²) in [6.45, 7) is 2.64. The first kappa shape index (κ1) is 13.1. The highest BCUT2D eigenvalue weighted by Gasteiger charge is 2.40. The highest BCUT2D eigenvalue weighted by atomic mass is 16.5. The third-order valence-corrected chi connectivity index (χ3v) is 4.85. The second-order valence-electron chi connectivity index (χ2n) is 6.07. The number of fused-ring (bicyclic) bond motifs is 1. The van der Waals surface area contributed by atoms with Gasteiger partial charge in [-0.25, -0.2) is 0 Å². The molecule has 2 aliphatic rings. The molecule has 0 bridgehead atoms. The van der Waals surface area contributed by atoms with E-state index >= 15 is 0 Å². The largest absolute Gasteiger partial charge is 0.377 e. The number of benzene rings is 1. The molecule has 1 aromatic rings. The average molecular weight is 260 g/mol. The zero-order valence-electron chi connectivity index (χ0n) is 11.8. The summed E-state index contributed by atoms with van der Waals surface area (Å²) in [6.07, 6.45) is 4.94. The van der Waals surface area contributed by atoms with Crippen molar-refractivity contribution in [3.8, 4) is 0 Å². The fraction of sp³-hybridized carbons (Fsp3) is 0.625. The maximum atomic E-state index is 6.14. The summed E-state index contributed by atoms with van der Waals surface area (Å²) in [5.74, 6) is 0. The van der Waals surface area contributed by atoms with Gasteiger partial charge in [-0.15, -0.1) is 0 Å². The van der Waals surface area contributed by atoms with Crippen molar-refractivity contribution in [1.82, 2.24) is 4.90 Å². The van der Waals surface area contributed by atoms with Crippen molar-refractivity contribution in [2.45, 2.75) is 37.3 Å². The van der Waals surface area contributed by atoms with Crippen molar-refractivity contribution in [3.63, 3.8) is 0 Å². The van der Waals surface area contributed by atoms with E-state index < -0.39 is 0 Å². The van der Waals surface area contributed by atoms with E-state index in [0.717, 1.165) is 26.0 Å². The van der Waals surface area contributed by atoms with E-state index in [4.69, 9.17) is 10.5 Å². The van der Waals surface area contributed by atoms with Gasteiger partial charge in [0.2, 0.25) is 0 Å². The minimum atomic E-state index is 0.0929. The Kier molecular flexibility index (Phi) is 3.61. The van der Waals surface area contributed by atoms with Crippen molar-refractivity contribution >= 4 is 0 Å². The third-order valence-electron chi connectivity index (χ3n) is 4.85. The lowest BCUT2D eigenvalue weighted by atomic mass is 9.93. The Labute approximate surface area is 115 Å². The lowest BCUT2D eigenvalue weighted by Gasteiger charge is -2.39. The van der Waals surface area contributed by atoms with Crippen LogP contribution in [0.2, 0.25) is 0 Å². The zero-order valence-corrected chi connectivity index (χ0v) is 11.8. The first-order valence-electron chi connectivity index (χ1n) is 7.33. The molecule has 1 aliphatic heterocycles. The Balaban J connectivity index is 1.74. The number of hydrogen-bond acceptors (Lipinski definition) is 3. The predicted octanol–water partition coefficient (Wildman–Crippen LogP) is 1.59. The van der Waals surface area contributed by atoms with Gasteiger partial charge in [-0.05, 0) is 43.9 Å². The fourth-order valence-corrected chi connectivity index (χ4v) is 3.53. The van der Waals surface area contributed by atoms with Crippen LogP contribution in [0.5, 0.6) is 0 Å². The molecular formula is C16H24N2O. The molecule has 0 spiro atoms. The van der Waals surface area contributed by atoms with Crippen LogP contribution in [0, 0.1) is 0 Å². The lowest BCUT2D eigenvalue weighted by Crippen LogP contribution is -2.55. The number of likely N-dealkylation sites (N-methyl/N-ethyl adjacent to an activating group) is 1. The van der Waals surface area contributed by atoms with Crippen LogP contribution in [0.25, 0.3) is 0 Å². The number of rotatable bonds is 4. The molecule has 3 heteroatoms. The van der Waals surface area contributed by atoms with Crippen LogP contribution in [0.3, 0.4) is 0 Å². The molecule has 3 rings (SSSR count). The molecule has 19 heavy (non-hydrogen) atoms. The molecule has 1 unspecified atom stereocenters. The highest BCUT2D eigenvalue weighted by Crippen LogP contribution is 2.34. The molecule has 1 fully saturated rings. The normalized spacial score (nSPS) is 24.9. The zero-order chi connectivity index (χ0) is 13.3. The third kappa shape index (κ3) is 2.42. The smallest absolute Gasteiger partial charge is 0.0702 e. The van der Waals surface area contributed by atoms with Crippen LogP contribution in [0.15, 0.2) is 24.3 Å². The lowest BCUT2D eigenvalue weighted by molar-refractivity contribution is 0.0404. The second kappa shape index (κ2) is 5.23. The standard InChI is InChI=1S/C16H24N2O/c1-18(11-15-7-4-8-19-15)16(12-17)9-13-5-2-3-6-14(13)10-16/h2-3,5-6,15H,4,7-12,17H2,1H3. The summed E-state index contributed by atoms with van der Waals surface area (Å²) < 4.78 is 5.77. The fourth-order valence-electron chi connectivity index (χ4n) is 3.53. The minimum Gasteiger partial charge on any atom is -0.377 e. The van der Waals surface area contributed by atoms with Gasteiger partial charge in [-0.3, -0.25) is 4.90 Å². The molecule has 0 aromatic heterocycles. The van der Waals surface area contributed by atoms with Gasteiger partial charge in [0.15, 0.2) is 0 Å². The van der Waals surface area contributed by atoms with Crippen LogP contribution >= 0.6 is 0 Å². The Hall–Kier alpha value is -0.900. The SMILES string of the molecule is CN(CC1CCCO1)C1(CN)Cc2ccccc2C1. The van der Waals surface area contributed by atoms with E-state index in [1.165, 1.54) is 24.0 Å². The van der Waals surface area contributed by atoms with E-state index in [-0.39, 0.29) is 5.54 Å². The summed E-state index contributed by atoms with van der Waals surface area (Å²) in [7, 11) is 2.21. The number of ether oxygens (including phenoxy) is 1. The van der Waals surface area contributed by atoms with E-state index in [1.807, 2.05) is 0 Å². The first-order valence-corrected chi connectivity index (χ1v) is 7.33.